The first kappa shape index (κ1) is 27.2. The molecule has 9 heteroatoms. The number of aryl methyl sites for hydroxylation is 1. The lowest BCUT2D eigenvalue weighted by molar-refractivity contribution is -0.136. The number of para-hydroxylation sites is 1. The van der Waals surface area contributed by atoms with Crippen molar-refractivity contribution in [2.24, 2.45) is 5.92 Å². The summed E-state index contributed by atoms with van der Waals surface area (Å²) >= 11 is 0. The number of ether oxygens (including phenoxy) is 3. The third kappa shape index (κ3) is 6.06. The summed E-state index contributed by atoms with van der Waals surface area (Å²) in [5, 5.41) is 1.02. The molecule has 0 bridgehead atoms. The summed E-state index contributed by atoms with van der Waals surface area (Å²) in [6.45, 7) is 4.84. The van der Waals surface area contributed by atoms with Crippen LogP contribution in [0.15, 0.2) is 60.8 Å². The highest BCUT2D eigenvalue weighted by Crippen LogP contribution is 2.33. The van der Waals surface area contributed by atoms with Crippen molar-refractivity contribution in [1.82, 2.24) is 24.8 Å². The van der Waals surface area contributed by atoms with Gasteiger partial charge in [-0.2, -0.15) is 0 Å². The van der Waals surface area contributed by atoms with Crippen molar-refractivity contribution < 1.29 is 19.0 Å². The summed E-state index contributed by atoms with van der Waals surface area (Å²) in [5.41, 5.74) is 3.63. The Morgan fingerprint density at radius 1 is 1.10 bits per heavy atom. The molecule has 41 heavy (non-hydrogen) atoms. The van der Waals surface area contributed by atoms with Gasteiger partial charge in [-0.1, -0.05) is 30.3 Å². The molecule has 2 atom stereocenters. The van der Waals surface area contributed by atoms with E-state index in [1.54, 1.807) is 14.2 Å². The Morgan fingerprint density at radius 3 is 2.83 bits per heavy atom. The molecule has 2 aromatic heterocycles. The zero-order valence-corrected chi connectivity index (χ0v) is 23.7. The number of piperazine rings is 1. The highest BCUT2D eigenvalue weighted by Gasteiger charge is 2.34. The van der Waals surface area contributed by atoms with Gasteiger partial charge in [0.15, 0.2) is 0 Å². The zero-order chi connectivity index (χ0) is 28.2. The smallest absolute Gasteiger partial charge is 0.223 e. The summed E-state index contributed by atoms with van der Waals surface area (Å²) < 4.78 is 16.6. The number of aromatic amines is 1. The molecule has 0 radical (unpaired) electrons. The highest BCUT2D eigenvalue weighted by molar-refractivity contribution is 5.85. The van der Waals surface area contributed by atoms with Crippen molar-refractivity contribution in [2.45, 2.75) is 25.3 Å². The van der Waals surface area contributed by atoms with Crippen LogP contribution in [0.5, 0.6) is 11.6 Å². The second-order valence-corrected chi connectivity index (χ2v) is 10.9. The minimum Gasteiger partial charge on any atom is -0.497 e. The SMILES string of the molecule is COc1cccc(CCC(=O)N2CCN(CC3CCOC3)CC2c2ncc(-c3cc4ccccc4nc3OC)[nH]2)c1. The Hall–Kier alpha value is -3.95. The average Bonchev–Trinajstić information content (AvgIpc) is 3.72. The van der Waals surface area contributed by atoms with E-state index in [-0.39, 0.29) is 11.9 Å². The molecule has 0 aliphatic carbocycles. The van der Waals surface area contributed by atoms with Gasteiger partial charge in [0.05, 0.1) is 43.8 Å². The number of methoxy groups -OCH3 is 2. The van der Waals surface area contributed by atoms with E-state index in [2.05, 4.69) is 16.0 Å². The van der Waals surface area contributed by atoms with Gasteiger partial charge in [0, 0.05) is 44.6 Å². The van der Waals surface area contributed by atoms with Crippen molar-refractivity contribution in [3.8, 4) is 22.9 Å². The Bertz CT molecular complexity index is 1500. The maximum atomic E-state index is 13.7. The van der Waals surface area contributed by atoms with E-state index in [1.807, 2.05) is 59.6 Å². The lowest BCUT2D eigenvalue weighted by atomic mass is 10.0. The molecule has 2 saturated heterocycles. The Labute approximate surface area is 240 Å². The largest absolute Gasteiger partial charge is 0.497 e. The zero-order valence-electron chi connectivity index (χ0n) is 23.7. The number of imidazole rings is 1. The number of fused-ring (bicyclic) bond motifs is 1. The van der Waals surface area contributed by atoms with Crippen LogP contribution in [0.2, 0.25) is 0 Å². The standard InChI is InChI=1S/C32H37N5O4/c1-39-25-8-5-6-22(16-25)10-11-30(38)37-14-13-36(19-23-12-15-41-21-23)20-29(37)31-33-18-28(34-31)26-17-24-7-3-4-9-27(24)35-32(26)40-2/h3-9,16-18,23,29H,10-15,19-21H2,1-2H3,(H,33,34). The first-order chi connectivity index (χ1) is 20.1. The van der Waals surface area contributed by atoms with Crippen LogP contribution >= 0.6 is 0 Å². The van der Waals surface area contributed by atoms with Gasteiger partial charge in [-0.05, 0) is 48.6 Å². The van der Waals surface area contributed by atoms with Gasteiger partial charge < -0.3 is 24.1 Å². The van der Waals surface area contributed by atoms with Gasteiger partial charge in [-0.25, -0.2) is 9.97 Å². The van der Waals surface area contributed by atoms with Gasteiger partial charge in [-0.15, -0.1) is 0 Å². The van der Waals surface area contributed by atoms with Gasteiger partial charge in [0.1, 0.15) is 17.6 Å². The molecule has 4 heterocycles. The molecular formula is C32H37N5O4. The molecule has 2 fully saturated rings. The van der Waals surface area contributed by atoms with E-state index in [1.165, 1.54) is 0 Å². The van der Waals surface area contributed by atoms with E-state index in [0.717, 1.165) is 78.6 Å². The number of rotatable bonds is 9. The molecule has 214 valence electrons. The van der Waals surface area contributed by atoms with Crippen molar-refractivity contribution in [3.05, 3.63) is 72.2 Å². The predicted octanol–water partition coefficient (Wildman–Crippen LogP) is 4.50. The number of aromatic nitrogens is 3. The number of hydrogen-bond donors (Lipinski definition) is 1. The summed E-state index contributed by atoms with van der Waals surface area (Å²) in [4.78, 5) is 31.2. The third-order valence-electron chi connectivity index (χ3n) is 8.17. The van der Waals surface area contributed by atoms with E-state index >= 15 is 0 Å². The Balaban J connectivity index is 1.25. The monoisotopic (exact) mass is 555 g/mol. The van der Waals surface area contributed by atoms with Crippen LogP contribution in [0.1, 0.15) is 30.3 Å². The third-order valence-corrected chi connectivity index (χ3v) is 8.17. The molecule has 1 N–H and O–H groups in total. The second kappa shape index (κ2) is 12.3. The highest BCUT2D eigenvalue weighted by atomic mass is 16.5. The van der Waals surface area contributed by atoms with Crippen molar-refractivity contribution in [3.63, 3.8) is 0 Å². The fourth-order valence-electron chi connectivity index (χ4n) is 5.94. The van der Waals surface area contributed by atoms with Crippen molar-refractivity contribution >= 4 is 16.8 Å². The lowest BCUT2D eigenvalue weighted by Gasteiger charge is -2.41. The number of carbonyl (C=O) groups excluding carboxylic acids is 1. The summed E-state index contributed by atoms with van der Waals surface area (Å²) in [5.74, 6) is 2.78. The average molecular weight is 556 g/mol. The lowest BCUT2D eigenvalue weighted by Crippen LogP contribution is -2.52. The number of nitrogens with zero attached hydrogens (tertiary/aromatic N) is 4. The van der Waals surface area contributed by atoms with Crippen LogP contribution in [-0.4, -0.2) is 84.3 Å². The molecule has 2 unspecified atom stereocenters. The molecular weight excluding hydrogens is 518 g/mol. The molecule has 2 aliphatic heterocycles. The minimum absolute atomic E-state index is 0.129. The number of benzene rings is 2. The molecule has 9 nitrogen and oxygen atoms in total. The van der Waals surface area contributed by atoms with Gasteiger partial charge >= 0.3 is 0 Å². The molecule has 2 aromatic carbocycles. The fraction of sp³-hybridized carbons (Fsp3) is 0.406. The summed E-state index contributed by atoms with van der Waals surface area (Å²) in [6, 6.07) is 17.8. The molecule has 6 rings (SSSR count). The van der Waals surface area contributed by atoms with E-state index < -0.39 is 0 Å². The van der Waals surface area contributed by atoms with E-state index in [4.69, 9.17) is 24.2 Å². The number of H-pyrrole nitrogens is 1. The Morgan fingerprint density at radius 2 is 2.00 bits per heavy atom. The Kier molecular flexibility index (Phi) is 8.16. The topological polar surface area (TPSA) is 92.8 Å². The second-order valence-electron chi connectivity index (χ2n) is 10.9. The number of hydrogen-bond acceptors (Lipinski definition) is 7. The molecule has 0 spiro atoms. The molecule has 0 saturated carbocycles. The van der Waals surface area contributed by atoms with E-state index in [9.17, 15) is 4.79 Å². The summed E-state index contributed by atoms with van der Waals surface area (Å²) in [7, 11) is 3.29. The van der Waals surface area contributed by atoms with Crippen molar-refractivity contribution in [1.29, 1.82) is 0 Å². The quantitative estimate of drug-likeness (QED) is 0.325. The normalized spacial score (nSPS) is 19.5. The first-order valence-corrected chi connectivity index (χ1v) is 14.3. The van der Waals surface area contributed by atoms with Crippen LogP contribution in [0.25, 0.3) is 22.2 Å². The van der Waals surface area contributed by atoms with Gasteiger partial charge in [0.25, 0.3) is 0 Å². The first-order valence-electron chi connectivity index (χ1n) is 14.3. The van der Waals surface area contributed by atoms with E-state index in [0.29, 0.717) is 31.2 Å². The van der Waals surface area contributed by atoms with Gasteiger partial charge in [0.2, 0.25) is 11.8 Å². The van der Waals surface area contributed by atoms with Crippen LogP contribution in [0, 0.1) is 5.92 Å². The number of carbonyl (C=O) groups is 1. The fourth-order valence-corrected chi connectivity index (χ4v) is 5.94. The maximum Gasteiger partial charge on any atom is 0.223 e. The number of amides is 1. The summed E-state index contributed by atoms with van der Waals surface area (Å²) in [6.07, 6.45) is 4.00. The molecule has 2 aliphatic rings. The van der Waals surface area contributed by atoms with Crippen LogP contribution in [0.4, 0.5) is 0 Å². The molecule has 1 amide bonds. The van der Waals surface area contributed by atoms with Gasteiger partial charge in [-0.3, -0.25) is 9.69 Å². The number of pyridine rings is 1. The number of nitrogens with one attached hydrogen (secondary N) is 1. The molecule has 4 aromatic rings. The van der Waals surface area contributed by atoms with Crippen LogP contribution in [-0.2, 0) is 16.0 Å². The van der Waals surface area contributed by atoms with Crippen LogP contribution in [0.3, 0.4) is 0 Å². The van der Waals surface area contributed by atoms with Crippen molar-refractivity contribution in [2.75, 3.05) is 53.6 Å². The maximum absolute atomic E-state index is 13.7. The predicted molar refractivity (Wildman–Crippen MR) is 157 cm³/mol. The van der Waals surface area contributed by atoms with Crippen LogP contribution < -0.4 is 9.47 Å². The minimum atomic E-state index is -0.183.